The van der Waals surface area contributed by atoms with Crippen molar-refractivity contribution in [3.05, 3.63) is 27.7 Å². The van der Waals surface area contributed by atoms with Gasteiger partial charge >= 0.3 is 6.09 Å². The molecule has 2 amide bonds. The van der Waals surface area contributed by atoms with Crippen LogP contribution >= 0.6 is 15.9 Å². The van der Waals surface area contributed by atoms with E-state index in [-0.39, 0.29) is 18.0 Å². The Morgan fingerprint density at radius 3 is 2.40 bits per heavy atom. The Morgan fingerprint density at radius 1 is 1.28 bits per heavy atom. The van der Waals surface area contributed by atoms with E-state index in [0.717, 1.165) is 10.0 Å². The van der Waals surface area contributed by atoms with E-state index in [9.17, 15) is 9.59 Å². The number of aryl methyl sites for hydroxylation is 1. The highest BCUT2D eigenvalue weighted by Gasteiger charge is 2.28. The van der Waals surface area contributed by atoms with Crippen LogP contribution < -0.4 is 11.1 Å². The van der Waals surface area contributed by atoms with Crippen LogP contribution in [-0.2, 0) is 4.74 Å². The molecule has 0 aromatic heterocycles. The van der Waals surface area contributed by atoms with Crippen molar-refractivity contribution in [3.8, 4) is 0 Å². The number of likely N-dealkylation sites (tertiary alicyclic amines) is 1. The van der Waals surface area contributed by atoms with Crippen molar-refractivity contribution in [1.29, 1.82) is 0 Å². The number of nitrogens with two attached hydrogens (primary N) is 1. The van der Waals surface area contributed by atoms with Crippen LogP contribution in [0.3, 0.4) is 0 Å². The van der Waals surface area contributed by atoms with Crippen molar-refractivity contribution in [1.82, 2.24) is 10.2 Å². The standard InChI is InChI=1S/C18H26BrN3O3/c1-11-9-12(19)10-14(20)15(11)16(23)21-13-5-7-22(8-6-13)17(24)25-18(2,3)4/h9-10,13H,5-8,20H2,1-4H3,(H,21,23). The molecule has 1 fully saturated rings. The van der Waals surface area contributed by atoms with E-state index in [4.69, 9.17) is 10.5 Å². The summed E-state index contributed by atoms with van der Waals surface area (Å²) in [6.07, 6.45) is 1.09. The molecule has 0 unspecified atom stereocenters. The molecular formula is C18H26BrN3O3. The topological polar surface area (TPSA) is 84.7 Å². The van der Waals surface area contributed by atoms with Crippen molar-refractivity contribution in [2.24, 2.45) is 0 Å². The van der Waals surface area contributed by atoms with Gasteiger partial charge < -0.3 is 20.7 Å². The number of hydrogen-bond donors (Lipinski definition) is 2. The Balaban J connectivity index is 1.92. The number of rotatable bonds is 2. The molecule has 2 rings (SSSR count). The van der Waals surface area contributed by atoms with Gasteiger partial charge in [0.15, 0.2) is 0 Å². The van der Waals surface area contributed by atoms with Gasteiger partial charge in [0, 0.05) is 29.3 Å². The molecule has 3 N–H and O–H groups in total. The number of nitrogens with zero attached hydrogens (tertiary/aromatic N) is 1. The third-order valence-electron chi connectivity index (χ3n) is 4.04. The van der Waals surface area contributed by atoms with Crippen LogP contribution in [0.4, 0.5) is 10.5 Å². The molecule has 1 heterocycles. The number of anilines is 1. The lowest BCUT2D eigenvalue weighted by molar-refractivity contribution is 0.0200. The molecule has 1 saturated heterocycles. The van der Waals surface area contributed by atoms with Crippen molar-refractivity contribution in [2.75, 3.05) is 18.8 Å². The first-order chi connectivity index (χ1) is 11.6. The fraction of sp³-hybridized carbons (Fsp3) is 0.556. The lowest BCUT2D eigenvalue weighted by atomic mass is 10.0. The largest absolute Gasteiger partial charge is 0.444 e. The number of benzene rings is 1. The summed E-state index contributed by atoms with van der Waals surface area (Å²) in [7, 11) is 0. The first-order valence-electron chi connectivity index (χ1n) is 8.41. The molecule has 138 valence electrons. The summed E-state index contributed by atoms with van der Waals surface area (Å²) >= 11 is 3.37. The molecular weight excluding hydrogens is 386 g/mol. The van der Waals surface area contributed by atoms with Gasteiger partial charge in [0.2, 0.25) is 0 Å². The summed E-state index contributed by atoms with van der Waals surface area (Å²) in [6.45, 7) is 8.54. The van der Waals surface area contributed by atoms with Crippen LogP contribution in [0, 0.1) is 6.92 Å². The van der Waals surface area contributed by atoms with Gasteiger partial charge in [0.25, 0.3) is 5.91 Å². The van der Waals surface area contributed by atoms with Crippen molar-refractivity contribution in [2.45, 2.75) is 52.2 Å². The number of nitrogen functional groups attached to an aromatic ring is 1. The number of piperidine rings is 1. The van der Waals surface area contributed by atoms with Gasteiger partial charge in [-0.2, -0.15) is 0 Å². The Morgan fingerprint density at radius 2 is 1.88 bits per heavy atom. The lowest BCUT2D eigenvalue weighted by Crippen LogP contribution is -2.48. The Bertz CT molecular complexity index is 639. The molecule has 6 nitrogen and oxygen atoms in total. The Hall–Kier alpha value is -1.76. The zero-order chi connectivity index (χ0) is 18.8. The average molecular weight is 412 g/mol. The van der Waals surface area contributed by atoms with E-state index in [2.05, 4.69) is 21.2 Å². The van der Waals surface area contributed by atoms with E-state index < -0.39 is 5.60 Å². The molecule has 0 spiro atoms. The minimum atomic E-state index is -0.501. The number of nitrogens with one attached hydrogen (secondary N) is 1. The molecule has 0 bridgehead atoms. The highest BCUT2D eigenvalue weighted by atomic mass is 79.9. The third-order valence-corrected chi connectivity index (χ3v) is 4.50. The van der Waals surface area contributed by atoms with Crippen LogP contribution in [0.1, 0.15) is 49.5 Å². The minimum absolute atomic E-state index is 0.0219. The van der Waals surface area contributed by atoms with Crippen LogP contribution in [0.25, 0.3) is 0 Å². The molecule has 1 aromatic carbocycles. The predicted molar refractivity (Wildman–Crippen MR) is 102 cm³/mol. The molecule has 0 radical (unpaired) electrons. The monoisotopic (exact) mass is 411 g/mol. The second kappa shape index (κ2) is 7.64. The predicted octanol–water partition coefficient (Wildman–Crippen LogP) is 3.47. The molecule has 1 aromatic rings. The zero-order valence-corrected chi connectivity index (χ0v) is 16.8. The first-order valence-corrected chi connectivity index (χ1v) is 9.20. The van der Waals surface area contributed by atoms with Crippen LogP contribution in [0.5, 0.6) is 0 Å². The summed E-state index contributed by atoms with van der Waals surface area (Å²) in [6, 6.07) is 3.62. The Kier molecular flexibility index (Phi) is 5.98. The van der Waals surface area contributed by atoms with Gasteiger partial charge in [-0.3, -0.25) is 4.79 Å². The minimum Gasteiger partial charge on any atom is -0.444 e. The fourth-order valence-corrected chi connectivity index (χ4v) is 3.46. The van der Waals surface area contributed by atoms with Gasteiger partial charge in [0.1, 0.15) is 5.60 Å². The van der Waals surface area contributed by atoms with Crippen molar-refractivity contribution < 1.29 is 14.3 Å². The van der Waals surface area contributed by atoms with E-state index in [1.165, 1.54) is 0 Å². The lowest BCUT2D eigenvalue weighted by Gasteiger charge is -2.33. The molecule has 7 heteroatoms. The van der Waals surface area contributed by atoms with E-state index in [1.54, 1.807) is 11.0 Å². The van der Waals surface area contributed by atoms with Crippen molar-refractivity contribution >= 4 is 33.6 Å². The van der Waals surface area contributed by atoms with Crippen LogP contribution in [0.2, 0.25) is 0 Å². The molecule has 1 aliphatic rings. The van der Waals surface area contributed by atoms with Crippen LogP contribution in [-0.4, -0.2) is 41.6 Å². The number of ether oxygens (including phenoxy) is 1. The summed E-state index contributed by atoms with van der Waals surface area (Å²) in [5, 5.41) is 3.03. The maximum Gasteiger partial charge on any atom is 0.410 e. The smallest absolute Gasteiger partial charge is 0.410 e. The quantitative estimate of drug-likeness (QED) is 0.729. The molecule has 25 heavy (non-hydrogen) atoms. The van der Waals surface area contributed by atoms with E-state index in [0.29, 0.717) is 37.2 Å². The van der Waals surface area contributed by atoms with E-state index >= 15 is 0 Å². The second-order valence-electron chi connectivity index (χ2n) is 7.40. The van der Waals surface area contributed by atoms with Crippen LogP contribution in [0.15, 0.2) is 16.6 Å². The van der Waals surface area contributed by atoms with Crippen molar-refractivity contribution in [3.63, 3.8) is 0 Å². The fourth-order valence-electron chi connectivity index (χ4n) is 2.87. The highest BCUT2D eigenvalue weighted by molar-refractivity contribution is 9.10. The first kappa shape index (κ1) is 19.6. The number of carbonyl (C=O) groups excluding carboxylic acids is 2. The maximum atomic E-state index is 12.6. The molecule has 0 aliphatic carbocycles. The van der Waals surface area contributed by atoms with Gasteiger partial charge in [-0.25, -0.2) is 4.79 Å². The van der Waals surface area contributed by atoms with Gasteiger partial charge in [-0.15, -0.1) is 0 Å². The summed E-state index contributed by atoms with van der Waals surface area (Å²) in [4.78, 5) is 26.3. The number of carbonyl (C=O) groups is 2. The number of amides is 2. The van der Waals surface area contributed by atoms with Gasteiger partial charge in [-0.05, 0) is 58.2 Å². The molecule has 0 saturated carbocycles. The summed E-state index contributed by atoms with van der Waals surface area (Å²) < 4.78 is 6.24. The van der Waals surface area contributed by atoms with E-state index in [1.807, 2.05) is 33.8 Å². The maximum absolute atomic E-state index is 12.6. The second-order valence-corrected chi connectivity index (χ2v) is 8.32. The third kappa shape index (κ3) is 5.36. The average Bonchev–Trinajstić information content (AvgIpc) is 2.44. The Labute approximate surface area is 157 Å². The van der Waals surface area contributed by atoms with Gasteiger partial charge in [0.05, 0.1) is 5.56 Å². The normalized spacial score (nSPS) is 15.8. The number of hydrogen-bond acceptors (Lipinski definition) is 4. The molecule has 0 atom stereocenters. The molecule has 1 aliphatic heterocycles. The zero-order valence-electron chi connectivity index (χ0n) is 15.2. The summed E-state index contributed by atoms with van der Waals surface area (Å²) in [5.41, 5.74) is 7.28. The SMILES string of the molecule is Cc1cc(Br)cc(N)c1C(=O)NC1CCN(C(=O)OC(C)(C)C)CC1. The summed E-state index contributed by atoms with van der Waals surface area (Å²) in [5.74, 6) is -0.168. The highest BCUT2D eigenvalue weighted by Crippen LogP contribution is 2.23. The van der Waals surface area contributed by atoms with Gasteiger partial charge in [-0.1, -0.05) is 15.9 Å². The number of halogens is 1.